The predicted octanol–water partition coefficient (Wildman–Crippen LogP) is 4.94. The first-order valence-electron chi connectivity index (χ1n) is 12.2. The number of anilines is 1. The zero-order chi connectivity index (χ0) is 27.0. The van der Waals surface area contributed by atoms with E-state index in [2.05, 4.69) is 21.2 Å². The molecular weight excluding hydrogens is 542 g/mol. The van der Waals surface area contributed by atoms with Gasteiger partial charge in [-0.3, -0.25) is 13.9 Å². The van der Waals surface area contributed by atoms with Gasteiger partial charge in [-0.05, 0) is 75.4 Å². The van der Waals surface area contributed by atoms with Gasteiger partial charge in [0.15, 0.2) is 0 Å². The number of hydrogen-bond acceptors (Lipinski definition) is 4. The molecule has 0 aromatic heterocycles. The van der Waals surface area contributed by atoms with Crippen LogP contribution in [0.5, 0.6) is 0 Å². The number of sulfonamides is 1. The zero-order valence-electron chi connectivity index (χ0n) is 22.0. The van der Waals surface area contributed by atoms with Gasteiger partial charge >= 0.3 is 0 Å². The van der Waals surface area contributed by atoms with E-state index < -0.39 is 16.1 Å². The van der Waals surface area contributed by atoms with Crippen molar-refractivity contribution in [1.82, 2.24) is 10.2 Å². The summed E-state index contributed by atoms with van der Waals surface area (Å²) in [5.74, 6) is -0.406. The quantitative estimate of drug-likeness (QED) is 0.385. The fraction of sp³-hybridized carbons (Fsp3) is 0.481. The lowest BCUT2D eigenvalue weighted by molar-refractivity contribution is -0.140. The number of hydrogen-bond donors (Lipinski definition) is 1. The second-order valence-electron chi connectivity index (χ2n) is 9.37. The van der Waals surface area contributed by atoms with Gasteiger partial charge in [-0.1, -0.05) is 47.1 Å². The van der Waals surface area contributed by atoms with E-state index >= 15 is 0 Å². The van der Waals surface area contributed by atoms with Gasteiger partial charge < -0.3 is 10.2 Å². The van der Waals surface area contributed by atoms with Crippen LogP contribution in [0.25, 0.3) is 0 Å². The Bertz CT molecular complexity index is 1170. The highest BCUT2D eigenvalue weighted by molar-refractivity contribution is 9.10. The third-order valence-corrected chi connectivity index (χ3v) is 7.87. The fourth-order valence-electron chi connectivity index (χ4n) is 3.85. The van der Waals surface area contributed by atoms with Gasteiger partial charge in [-0.15, -0.1) is 0 Å². The highest BCUT2D eigenvalue weighted by Crippen LogP contribution is 2.25. The molecule has 0 aliphatic carbocycles. The first kappa shape index (κ1) is 29.8. The minimum absolute atomic E-state index is 0.00339. The molecule has 0 spiro atoms. The summed E-state index contributed by atoms with van der Waals surface area (Å²) in [5, 5.41) is 2.96. The molecule has 0 bridgehead atoms. The largest absolute Gasteiger partial charge is 0.352 e. The van der Waals surface area contributed by atoms with Crippen LogP contribution in [0.3, 0.4) is 0 Å². The Morgan fingerprint density at radius 3 is 2.39 bits per heavy atom. The summed E-state index contributed by atoms with van der Waals surface area (Å²) in [6.45, 7) is 9.88. The van der Waals surface area contributed by atoms with Gasteiger partial charge in [-0.2, -0.15) is 0 Å². The maximum atomic E-state index is 13.4. The number of rotatable bonds is 12. The van der Waals surface area contributed by atoms with Gasteiger partial charge in [0.25, 0.3) is 0 Å². The van der Waals surface area contributed by atoms with Crippen LogP contribution in [-0.2, 0) is 26.2 Å². The smallest absolute Gasteiger partial charge is 0.242 e. The molecular formula is C27H38BrN3O4S. The second-order valence-corrected chi connectivity index (χ2v) is 12.2. The van der Waals surface area contributed by atoms with Crippen LogP contribution in [-0.4, -0.2) is 50.0 Å². The Morgan fingerprint density at radius 2 is 1.78 bits per heavy atom. The Hall–Kier alpha value is -2.39. The highest BCUT2D eigenvalue weighted by atomic mass is 79.9. The minimum Gasteiger partial charge on any atom is -0.352 e. The van der Waals surface area contributed by atoms with Crippen molar-refractivity contribution in [3.63, 3.8) is 0 Å². The molecule has 2 atom stereocenters. The van der Waals surface area contributed by atoms with Gasteiger partial charge in [0.1, 0.15) is 6.04 Å². The monoisotopic (exact) mass is 579 g/mol. The molecule has 9 heteroatoms. The van der Waals surface area contributed by atoms with Crippen LogP contribution >= 0.6 is 15.9 Å². The summed E-state index contributed by atoms with van der Waals surface area (Å²) < 4.78 is 27.4. The van der Waals surface area contributed by atoms with E-state index in [1.54, 1.807) is 11.8 Å². The topological polar surface area (TPSA) is 86.8 Å². The van der Waals surface area contributed by atoms with Crippen molar-refractivity contribution < 1.29 is 18.0 Å². The molecule has 0 aliphatic heterocycles. The van der Waals surface area contributed by atoms with Crippen LogP contribution in [0.2, 0.25) is 0 Å². The molecule has 198 valence electrons. The van der Waals surface area contributed by atoms with Crippen molar-refractivity contribution in [2.45, 2.75) is 72.5 Å². The lowest BCUT2D eigenvalue weighted by Crippen LogP contribution is -2.49. The van der Waals surface area contributed by atoms with Gasteiger partial charge in [-0.25, -0.2) is 8.42 Å². The molecule has 0 unspecified atom stereocenters. The molecule has 1 N–H and O–H groups in total. The summed E-state index contributed by atoms with van der Waals surface area (Å²) in [5.41, 5.74) is 3.33. The van der Waals surface area contributed by atoms with E-state index in [4.69, 9.17) is 0 Å². The van der Waals surface area contributed by atoms with Crippen molar-refractivity contribution in [1.29, 1.82) is 0 Å². The third-order valence-electron chi connectivity index (χ3n) is 6.20. The van der Waals surface area contributed by atoms with E-state index in [9.17, 15) is 18.0 Å². The number of nitrogens with one attached hydrogen (secondary N) is 1. The Morgan fingerprint density at radius 1 is 1.08 bits per heavy atom. The maximum Gasteiger partial charge on any atom is 0.242 e. The molecule has 0 radical (unpaired) electrons. The lowest BCUT2D eigenvalue weighted by atomic mass is 10.1. The Labute approximate surface area is 224 Å². The van der Waals surface area contributed by atoms with Crippen LogP contribution in [0.15, 0.2) is 46.9 Å². The van der Waals surface area contributed by atoms with Crippen LogP contribution in [0.4, 0.5) is 5.69 Å². The van der Waals surface area contributed by atoms with Crippen molar-refractivity contribution in [2.24, 2.45) is 0 Å². The van der Waals surface area contributed by atoms with E-state index in [1.165, 1.54) is 10.6 Å². The molecule has 0 fully saturated rings. The molecule has 0 heterocycles. The Balaban J connectivity index is 2.21. The van der Waals surface area contributed by atoms with Crippen LogP contribution in [0.1, 0.15) is 56.7 Å². The number of nitrogens with zero attached hydrogens (tertiary/aromatic N) is 2. The number of benzene rings is 2. The summed E-state index contributed by atoms with van der Waals surface area (Å²) in [6.07, 6.45) is 2.41. The first-order chi connectivity index (χ1) is 16.8. The molecule has 36 heavy (non-hydrogen) atoms. The molecule has 2 amide bonds. The van der Waals surface area contributed by atoms with Gasteiger partial charge in [0.05, 0.1) is 11.9 Å². The van der Waals surface area contributed by atoms with E-state index in [-0.39, 0.29) is 37.4 Å². The molecule has 0 saturated heterocycles. The average molecular weight is 581 g/mol. The normalized spacial score (nSPS) is 13.1. The number of carbonyl (C=O) groups is 2. The molecule has 2 rings (SSSR count). The SMILES string of the molecule is CC[C@@H](C)NC(=O)[C@@H](C)N(Cc1cccc(Br)c1)C(=O)CCCN(c1cc(C)ccc1C)S(C)(=O)=O. The van der Waals surface area contributed by atoms with Crippen molar-refractivity contribution in [2.75, 3.05) is 17.1 Å². The summed E-state index contributed by atoms with van der Waals surface area (Å²) >= 11 is 3.46. The lowest BCUT2D eigenvalue weighted by Gasteiger charge is -2.30. The molecule has 0 saturated carbocycles. The fourth-order valence-corrected chi connectivity index (χ4v) is 5.31. The molecule has 0 aliphatic rings. The molecule has 2 aromatic carbocycles. The average Bonchev–Trinajstić information content (AvgIpc) is 2.80. The molecule has 2 aromatic rings. The number of halogens is 1. The van der Waals surface area contributed by atoms with E-state index in [1.807, 2.05) is 70.2 Å². The van der Waals surface area contributed by atoms with Crippen molar-refractivity contribution in [3.05, 3.63) is 63.6 Å². The third kappa shape index (κ3) is 8.62. The highest BCUT2D eigenvalue weighted by Gasteiger charge is 2.27. The summed E-state index contributed by atoms with van der Waals surface area (Å²) in [4.78, 5) is 27.8. The summed E-state index contributed by atoms with van der Waals surface area (Å²) in [7, 11) is -3.54. The number of aryl methyl sites for hydroxylation is 2. The standard InChI is InChI=1S/C27H38BrN3O4S/c1-7-21(4)29-27(33)22(5)30(18-23-10-8-11-24(28)17-23)26(32)12-9-15-31(36(6,34)35)25-16-19(2)13-14-20(25)3/h8,10-11,13-14,16-17,21-22H,7,9,12,15,18H2,1-6H3,(H,29,33)/t21-,22-/m1/s1. The second kappa shape index (κ2) is 13.2. The van der Waals surface area contributed by atoms with E-state index in [0.717, 1.165) is 27.6 Å². The van der Waals surface area contributed by atoms with Gasteiger partial charge in [0, 0.05) is 30.0 Å². The van der Waals surface area contributed by atoms with Crippen molar-refractivity contribution in [3.8, 4) is 0 Å². The van der Waals surface area contributed by atoms with Crippen molar-refractivity contribution >= 4 is 43.5 Å². The van der Waals surface area contributed by atoms with E-state index in [0.29, 0.717) is 12.1 Å². The summed E-state index contributed by atoms with van der Waals surface area (Å²) in [6, 6.07) is 12.6. The minimum atomic E-state index is -3.54. The van der Waals surface area contributed by atoms with Crippen LogP contribution < -0.4 is 9.62 Å². The maximum absolute atomic E-state index is 13.4. The Kier molecular flexibility index (Phi) is 11.0. The number of amides is 2. The van der Waals surface area contributed by atoms with Gasteiger partial charge in [0.2, 0.25) is 21.8 Å². The number of carbonyl (C=O) groups excluding carboxylic acids is 2. The zero-order valence-corrected chi connectivity index (χ0v) is 24.4. The molecule has 7 nitrogen and oxygen atoms in total. The first-order valence-corrected chi connectivity index (χ1v) is 14.9. The predicted molar refractivity (Wildman–Crippen MR) is 149 cm³/mol. The van der Waals surface area contributed by atoms with Crippen LogP contribution in [0, 0.1) is 13.8 Å².